The molecule has 0 aliphatic carbocycles. The van der Waals surface area contributed by atoms with Gasteiger partial charge in [-0.3, -0.25) is 9.69 Å². The number of likely N-dealkylation sites (tertiary alicyclic amines) is 2. The van der Waals surface area contributed by atoms with E-state index < -0.39 is 0 Å². The van der Waals surface area contributed by atoms with Gasteiger partial charge in [-0.25, -0.2) is 0 Å². The predicted octanol–water partition coefficient (Wildman–Crippen LogP) is 4.96. The molecule has 166 valence electrons. The van der Waals surface area contributed by atoms with E-state index in [2.05, 4.69) is 10.1 Å². The Kier molecular flexibility index (Phi) is 5.47. The van der Waals surface area contributed by atoms with Crippen LogP contribution in [0.25, 0.3) is 0 Å². The van der Waals surface area contributed by atoms with Crippen LogP contribution in [0.15, 0.2) is 59.1 Å². The molecule has 3 heterocycles. The second kappa shape index (κ2) is 8.43. The van der Waals surface area contributed by atoms with Crippen LogP contribution in [0.5, 0.6) is 11.5 Å². The monoisotopic (exact) mass is 431 g/mol. The molecule has 0 radical (unpaired) electrons. The van der Waals surface area contributed by atoms with Gasteiger partial charge in [0.05, 0.1) is 5.69 Å². The Bertz CT molecular complexity index is 1070. The number of aromatic nitrogens is 1. The zero-order chi connectivity index (χ0) is 22.1. The van der Waals surface area contributed by atoms with Crippen LogP contribution in [-0.2, 0) is 6.54 Å². The highest BCUT2D eigenvalue weighted by Gasteiger charge is 2.48. The molecule has 2 aromatic carbocycles. The first-order chi connectivity index (χ1) is 15.5. The van der Waals surface area contributed by atoms with E-state index in [-0.39, 0.29) is 11.4 Å². The zero-order valence-electron chi connectivity index (χ0n) is 18.7. The number of carbonyl (C=O) groups excluding carboxylic acids is 1. The van der Waals surface area contributed by atoms with Crippen LogP contribution in [-0.4, -0.2) is 46.0 Å². The van der Waals surface area contributed by atoms with Gasteiger partial charge >= 0.3 is 0 Å². The van der Waals surface area contributed by atoms with Gasteiger partial charge in [0, 0.05) is 42.8 Å². The normalized spacial score (nSPS) is 20.9. The summed E-state index contributed by atoms with van der Waals surface area (Å²) in [5.74, 6) is 2.51. The molecule has 0 saturated carbocycles. The Labute approximate surface area is 188 Å². The van der Waals surface area contributed by atoms with Gasteiger partial charge < -0.3 is 14.2 Å². The number of para-hydroxylation sites is 1. The average molecular weight is 432 g/mol. The standard InChI is InChI=1S/C26H29N3O3/c1-19-24(20(2)32-27-19)17-29-16-14-26(29)13-6-15-28(18-26)25(30)21-9-11-23(12-10-21)31-22-7-4-3-5-8-22/h3-5,7-12H,6,13-18H2,1-2H3. The molecule has 1 atom stereocenters. The number of benzene rings is 2. The summed E-state index contributed by atoms with van der Waals surface area (Å²) < 4.78 is 11.2. The van der Waals surface area contributed by atoms with E-state index in [1.54, 1.807) is 0 Å². The second-order valence-corrected chi connectivity index (χ2v) is 8.97. The summed E-state index contributed by atoms with van der Waals surface area (Å²) in [6.45, 7) is 7.45. The number of carbonyl (C=O) groups is 1. The van der Waals surface area contributed by atoms with Crippen molar-refractivity contribution in [1.82, 2.24) is 15.0 Å². The molecule has 32 heavy (non-hydrogen) atoms. The highest BCUT2D eigenvalue weighted by atomic mass is 16.5. The summed E-state index contributed by atoms with van der Waals surface area (Å²) in [7, 11) is 0. The maximum atomic E-state index is 13.3. The highest BCUT2D eigenvalue weighted by molar-refractivity contribution is 5.94. The Balaban J connectivity index is 1.25. The van der Waals surface area contributed by atoms with Crippen molar-refractivity contribution in [3.8, 4) is 11.5 Å². The van der Waals surface area contributed by atoms with E-state index in [1.807, 2.05) is 73.3 Å². The maximum absolute atomic E-state index is 13.3. The third-order valence-corrected chi connectivity index (χ3v) is 6.97. The number of hydrogen-bond donors (Lipinski definition) is 0. The Morgan fingerprint density at radius 2 is 1.78 bits per heavy atom. The van der Waals surface area contributed by atoms with E-state index in [9.17, 15) is 4.79 Å². The molecule has 2 saturated heterocycles. The number of hydrogen-bond acceptors (Lipinski definition) is 5. The fraction of sp³-hybridized carbons (Fsp3) is 0.385. The van der Waals surface area contributed by atoms with Crippen molar-refractivity contribution in [3.63, 3.8) is 0 Å². The fourth-order valence-electron chi connectivity index (χ4n) is 4.97. The van der Waals surface area contributed by atoms with Gasteiger partial charge in [-0.1, -0.05) is 23.4 Å². The number of amides is 1. The van der Waals surface area contributed by atoms with Crippen LogP contribution in [0, 0.1) is 13.8 Å². The first-order valence-corrected chi connectivity index (χ1v) is 11.3. The van der Waals surface area contributed by atoms with Gasteiger partial charge in [0.1, 0.15) is 17.3 Å². The summed E-state index contributed by atoms with van der Waals surface area (Å²) in [5.41, 5.74) is 2.92. The lowest BCUT2D eigenvalue weighted by Gasteiger charge is -2.57. The van der Waals surface area contributed by atoms with Crippen LogP contribution >= 0.6 is 0 Å². The van der Waals surface area contributed by atoms with Gasteiger partial charge in [0.15, 0.2) is 0 Å². The summed E-state index contributed by atoms with van der Waals surface area (Å²) >= 11 is 0. The minimum absolute atomic E-state index is 0.0699. The molecule has 0 N–H and O–H groups in total. The van der Waals surface area contributed by atoms with Crippen molar-refractivity contribution in [3.05, 3.63) is 77.2 Å². The average Bonchev–Trinajstić information content (AvgIpc) is 3.14. The fourth-order valence-corrected chi connectivity index (χ4v) is 4.97. The first kappa shape index (κ1) is 20.8. The van der Waals surface area contributed by atoms with Gasteiger partial charge in [0.25, 0.3) is 5.91 Å². The Morgan fingerprint density at radius 3 is 2.44 bits per heavy atom. The zero-order valence-corrected chi connectivity index (χ0v) is 18.7. The van der Waals surface area contributed by atoms with E-state index in [1.165, 1.54) is 5.56 Å². The van der Waals surface area contributed by atoms with Crippen molar-refractivity contribution in [2.75, 3.05) is 19.6 Å². The molecule has 6 heteroatoms. The summed E-state index contributed by atoms with van der Waals surface area (Å²) in [4.78, 5) is 17.8. The van der Waals surface area contributed by atoms with Crippen molar-refractivity contribution < 1.29 is 14.1 Å². The van der Waals surface area contributed by atoms with Crippen molar-refractivity contribution in [1.29, 1.82) is 0 Å². The smallest absolute Gasteiger partial charge is 0.253 e. The van der Waals surface area contributed by atoms with Gasteiger partial charge in [-0.2, -0.15) is 0 Å². The van der Waals surface area contributed by atoms with E-state index in [0.29, 0.717) is 5.56 Å². The lowest BCUT2D eigenvalue weighted by atomic mass is 9.77. The van der Waals surface area contributed by atoms with E-state index in [0.717, 1.165) is 68.4 Å². The summed E-state index contributed by atoms with van der Waals surface area (Å²) in [5, 5.41) is 4.10. The molecule has 2 fully saturated rings. The molecule has 1 unspecified atom stereocenters. The SMILES string of the molecule is Cc1noc(C)c1CN1CCC12CCCN(C(=O)c1ccc(Oc3ccccc3)cc1)C2. The molecule has 1 amide bonds. The lowest BCUT2D eigenvalue weighted by Crippen LogP contribution is -2.67. The van der Waals surface area contributed by atoms with E-state index in [4.69, 9.17) is 9.26 Å². The largest absolute Gasteiger partial charge is 0.457 e. The van der Waals surface area contributed by atoms with Gasteiger partial charge in [-0.05, 0) is 69.5 Å². The van der Waals surface area contributed by atoms with Crippen LogP contribution in [0.4, 0.5) is 0 Å². The van der Waals surface area contributed by atoms with E-state index >= 15 is 0 Å². The molecular formula is C26H29N3O3. The third-order valence-electron chi connectivity index (χ3n) is 6.97. The topological polar surface area (TPSA) is 58.8 Å². The van der Waals surface area contributed by atoms with Crippen molar-refractivity contribution in [2.45, 2.75) is 45.2 Å². The third kappa shape index (κ3) is 3.91. The number of aryl methyl sites for hydroxylation is 2. The van der Waals surface area contributed by atoms with Crippen LogP contribution in [0.3, 0.4) is 0 Å². The highest BCUT2D eigenvalue weighted by Crippen LogP contribution is 2.40. The molecule has 2 aliphatic rings. The quantitative estimate of drug-likeness (QED) is 0.571. The minimum atomic E-state index is 0.0699. The number of piperidine rings is 1. The number of rotatable bonds is 5. The molecule has 1 spiro atoms. The second-order valence-electron chi connectivity index (χ2n) is 8.97. The summed E-state index contributed by atoms with van der Waals surface area (Å²) in [6, 6.07) is 17.1. The Hall–Kier alpha value is -3.12. The van der Waals surface area contributed by atoms with Crippen LogP contribution in [0.2, 0.25) is 0 Å². The molecule has 1 aromatic heterocycles. The van der Waals surface area contributed by atoms with Crippen molar-refractivity contribution >= 4 is 5.91 Å². The van der Waals surface area contributed by atoms with Crippen LogP contribution < -0.4 is 4.74 Å². The molecule has 0 bridgehead atoms. The first-order valence-electron chi connectivity index (χ1n) is 11.3. The van der Waals surface area contributed by atoms with Crippen molar-refractivity contribution in [2.24, 2.45) is 0 Å². The molecule has 5 rings (SSSR count). The molecule has 6 nitrogen and oxygen atoms in total. The maximum Gasteiger partial charge on any atom is 0.253 e. The molecule has 2 aliphatic heterocycles. The Morgan fingerprint density at radius 1 is 1.03 bits per heavy atom. The summed E-state index contributed by atoms with van der Waals surface area (Å²) in [6.07, 6.45) is 3.28. The molecule has 3 aromatic rings. The van der Waals surface area contributed by atoms with Gasteiger partial charge in [-0.15, -0.1) is 0 Å². The van der Waals surface area contributed by atoms with Crippen LogP contribution in [0.1, 0.15) is 46.6 Å². The number of ether oxygens (including phenoxy) is 1. The minimum Gasteiger partial charge on any atom is -0.457 e. The predicted molar refractivity (Wildman–Crippen MR) is 122 cm³/mol. The lowest BCUT2D eigenvalue weighted by molar-refractivity contribution is -0.0651. The molecular weight excluding hydrogens is 402 g/mol. The van der Waals surface area contributed by atoms with Gasteiger partial charge in [0.2, 0.25) is 0 Å². The number of nitrogens with zero attached hydrogens (tertiary/aromatic N) is 3.